The maximum atomic E-state index is 5.58. The number of benzene rings is 11. The Morgan fingerprint density at radius 3 is 1.24 bits per heavy atom. The number of allylic oxidation sites excluding steroid dienone is 4. The number of para-hydroxylation sites is 3. The van der Waals surface area contributed by atoms with Gasteiger partial charge in [-0.3, -0.25) is 0 Å². The van der Waals surface area contributed by atoms with Gasteiger partial charge in [-0.25, -0.2) is 15.0 Å². The van der Waals surface area contributed by atoms with Crippen molar-refractivity contribution in [2.75, 3.05) is 0 Å². The average Bonchev–Trinajstić information content (AvgIpc) is 4.11. The summed E-state index contributed by atoms with van der Waals surface area (Å²) in [6.07, 6.45) is 7.56. The lowest BCUT2D eigenvalue weighted by Crippen LogP contribution is -2.09. The second-order valence-electron chi connectivity index (χ2n) is 20.6. The molecule has 0 N–H and O–H groups in total. The number of hydrogen-bond acceptors (Lipinski definition) is 3. The Balaban J connectivity index is 1.00. The van der Waals surface area contributed by atoms with Gasteiger partial charge < -0.3 is 9.13 Å². The first kappa shape index (κ1) is 46.8. The molecule has 15 rings (SSSR count). The van der Waals surface area contributed by atoms with E-state index in [2.05, 4.69) is 300 Å². The van der Waals surface area contributed by atoms with Gasteiger partial charge in [0.15, 0.2) is 11.6 Å². The Morgan fingerprint density at radius 2 is 0.738 bits per heavy atom. The van der Waals surface area contributed by atoms with Gasteiger partial charge in [0.2, 0.25) is 0 Å². The molecule has 0 amide bonds. The summed E-state index contributed by atoms with van der Waals surface area (Å²) >= 11 is 0. The molecule has 0 radical (unpaired) electrons. The summed E-state index contributed by atoms with van der Waals surface area (Å²) in [5.74, 6) is 1.88. The number of rotatable bonds is 10. The minimum absolute atomic E-state index is 0.0856. The first-order chi connectivity index (χ1) is 39.7. The third-order valence-electron chi connectivity index (χ3n) is 15.8. The molecule has 1 aliphatic rings. The Hall–Kier alpha value is -10.5. The second-order valence-corrected chi connectivity index (χ2v) is 20.6. The molecular formula is C75H51N5. The maximum absolute atomic E-state index is 5.58. The molecule has 376 valence electrons. The summed E-state index contributed by atoms with van der Waals surface area (Å²) in [6, 6.07) is 97.9. The Morgan fingerprint density at radius 1 is 0.325 bits per heavy atom. The smallest absolute Gasteiger partial charge is 0.163 e. The van der Waals surface area contributed by atoms with Crippen LogP contribution in [0.25, 0.3) is 128 Å². The molecule has 5 nitrogen and oxygen atoms in total. The van der Waals surface area contributed by atoms with Crippen LogP contribution in [0.5, 0.6) is 0 Å². The van der Waals surface area contributed by atoms with Gasteiger partial charge in [0.1, 0.15) is 5.82 Å². The van der Waals surface area contributed by atoms with Crippen molar-refractivity contribution in [3.8, 4) is 78.7 Å². The van der Waals surface area contributed by atoms with Crippen molar-refractivity contribution in [1.29, 1.82) is 0 Å². The minimum Gasteiger partial charge on any atom is -0.309 e. The van der Waals surface area contributed by atoms with Crippen molar-refractivity contribution in [2.45, 2.75) is 12.3 Å². The van der Waals surface area contributed by atoms with Crippen LogP contribution in [0.2, 0.25) is 0 Å². The molecule has 3 aromatic heterocycles. The molecule has 0 aliphatic heterocycles. The molecule has 0 fully saturated rings. The summed E-state index contributed by atoms with van der Waals surface area (Å²) in [4.78, 5) is 16.6. The highest BCUT2D eigenvalue weighted by Gasteiger charge is 2.27. The molecule has 0 saturated heterocycles. The van der Waals surface area contributed by atoms with Crippen LogP contribution in [0.15, 0.2) is 291 Å². The van der Waals surface area contributed by atoms with Crippen molar-refractivity contribution >= 4 is 49.2 Å². The lowest BCUT2D eigenvalue weighted by atomic mass is 9.91. The zero-order chi connectivity index (χ0) is 52.9. The van der Waals surface area contributed by atoms with Crippen LogP contribution in [0.3, 0.4) is 0 Å². The van der Waals surface area contributed by atoms with E-state index in [9.17, 15) is 0 Å². The second kappa shape index (κ2) is 19.8. The molecule has 0 bridgehead atoms. The van der Waals surface area contributed by atoms with E-state index in [1.54, 1.807) is 0 Å². The van der Waals surface area contributed by atoms with E-state index in [4.69, 9.17) is 15.0 Å². The van der Waals surface area contributed by atoms with Gasteiger partial charge in [-0.15, -0.1) is 0 Å². The molecule has 0 saturated carbocycles. The highest BCUT2D eigenvalue weighted by Crippen LogP contribution is 2.47. The lowest BCUT2D eigenvalue weighted by Gasteiger charge is -2.21. The Bertz CT molecular complexity index is 4580. The van der Waals surface area contributed by atoms with Gasteiger partial charge in [0.25, 0.3) is 0 Å². The van der Waals surface area contributed by atoms with Gasteiger partial charge in [-0.2, -0.15) is 0 Å². The summed E-state index contributed by atoms with van der Waals surface area (Å²) < 4.78 is 4.93. The summed E-state index contributed by atoms with van der Waals surface area (Å²) in [7, 11) is 0. The zero-order valence-corrected chi connectivity index (χ0v) is 43.7. The van der Waals surface area contributed by atoms with E-state index in [1.165, 1.54) is 43.7 Å². The normalized spacial score (nSPS) is 13.3. The first-order valence-corrected chi connectivity index (χ1v) is 27.4. The topological polar surface area (TPSA) is 48.5 Å². The number of hydrogen-bond donors (Lipinski definition) is 0. The van der Waals surface area contributed by atoms with Gasteiger partial charge >= 0.3 is 0 Å². The lowest BCUT2D eigenvalue weighted by molar-refractivity contribution is 0.766. The van der Waals surface area contributed by atoms with E-state index in [0.717, 1.165) is 90.3 Å². The summed E-state index contributed by atoms with van der Waals surface area (Å²) in [5, 5.41) is 4.86. The van der Waals surface area contributed by atoms with Crippen LogP contribution < -0.4 is 0 Å². The molecule has 80 heavy (non-hydrogen) atoms. The predicted octanol–water partition coefficient (Wildman–Crippen LogP) is 19.2. The molecule has 1 unspecified atom stereocenters. The van der Waals surface area contributed by atoms with Crippen molar-refractivity contribution < 1.29 is 0 Å². The largest absolute Gasteiger partial charge is 0.309 e. The molecular weight excluding hydrogens is 971 g/mol. The fourth-order valence-electron chi connectivity index (χ4n) is 12.1. The van der Waals surface area contributed by atoms with Gasteiger partial charge in [-0.05, 0) is 118 Å². The van der Waals surface area contributed by atoms with Gasteiger partial charge in [0, 0.05) is 55.4 Å². The van der Waals surface area contributed by atoms with Crippen LogP contribution >= 0.6 is 0 Å². The van der Waals surface area contributed by atoms with Crippen molar-refractivity contribution in [1.82, 2.24) is 24.1 Å². The maximum Gasteiger partial charge on any atom is 0.163 e. The quantitative estimate of drug-likeness (QED) is 0.137. The fraction of sp³-hybridized carbons (Fsp3) is 0.0267. The van der Waals surface area contributed by atoms with Crippen molar-refractivity contribution in [2.24, 2.45) is 0 Å². The monoisotopic (exact) mass is 1020 g/mol. The molecule has 1 aliphatic carbocycles. The average molecular weight is 1020 g/mol. The highest BCUT2D eigenvalue weighted by atomic mass is 15.0. The van der Waals surface area contributed by atoms with Gasteiger partial charge in [-0.1, -0.05) is 224 Å². The first-order valence-electron chi connectivity index (χ1n) is 27.4. The number of aromatic nitrogens is 5. The third-order valence-corrected chi connectivity index (χ3v) is 15.8. The third kappa shape index (κ3) is 8.23. The molecule has 3 heterocycles. The van der Waals surface area contributed by atoms with Crippen LogP contribution in [-0.4, -0.2) is 24.1 Å². The molecule has 0 spiro atoms. The molecule has 11 aromatic carbocycles. The fourth-order valence-corrected chi connectivity index (χ4v) is 12.1. The molecule has 14 aromatic rings. The zero-order valence-electron chi connectivity index (χ0n) is 43.7. The Kier molecular flexibility index (Phi) is 11.6. The molecule has 5 heteroatoms. The van der Waals surface area contributed by atoms with E-state index in [-0.39, 0.29) is 5.92 Å². The SMILES string of the molecule is C1=CC(c2nc(-c3cc(-c4ccccc4)cc(-c4ccccc4)c3)nc(-c3cc(-c4ccccc4)c(-n4c5ccccc5c5c6c7ccccc7n(-c7ccccc7)c6ccc54)c(-c4ccccc4)c3)n2)CC=C1c1ccccc1. The number of nitrogens with zero attached hydrogens (tertiary/aromatic N) is 5. The molecule has 1 atom stereocenters. The van der Waals surface area contributed by atoms with Crippen LogP contribution in [0.1, 0.15) is 23.7 Å². The van der Waals surface area contributed by atoms with Gasteiger partial charge in [0.05, 0.1) is 27.8 Å². The van der Waals surface area contributed by atoms with E-state index in [0.29, 0.717) is 11.6 Å². The van der Waals surface area contributed by atoms with E-state index < -0.39 is 0 Å². The summed E-state index contributed by atoms with van der Waals surface area (Å²) in [6.45, 7) is 0. The predicted molar refractivity (Wildman–Crippen MR) is 332 cm³/mol. The van der Waals surface area contributed by atoms with Crippen molar-refractivity contribution in [3.63, 3.8) is 0 Å². The Labute approximate surface area is 464 Å². The van der Waals surface area contributed by atoms with Crippen LogP contribution in [0.4, 0.5) is 0 Å². The summed E-state index contributed by atoms with van der Waals surface area (Å²) in [5.41, 5.74) is 19.7. The highest BCUT2D eigenvalue weighted by molar-refractivity contribution is 6.29. The van der Waals surface area contributed by atoms with Crippen LogP contribution in [-0.2, 0) is 0 Å². The van der Waals surface area contributed by atoms with E-state index >= 15 is 0 Å². The van der Waals surface area contributed by atoms with Crippen molar-refractivity contribution in [3.05, 3.63) is 303 Å². The number of fused-ring (bicyclic) bond motifs is 7. The minimum atomic E-state index is -0.0856. The van der Waals surface area contributed by atoms with Crippen LogP contribution in [0, 0.1) is 0 Å². The standard InChI is InChI=1S/C75H51N5/c1-7-23-50(24-8-1)53-39-41-56(42-40-53)73-76-74(59-46-57(51-25-9-2-10-26-51)45-58(47-59)52-27-11-3-12-28-52)78-75(77-73)60-48-64(54-29-13-4-14-30-54)72(65(49-60)55-31-15-5-16-32-55)80-67-38-22-20-36-63(67)71-69(80)44-43-68-70(71)62-35-19-21-37-66(62)79(68)61-33-17-6-18-34-61/h1-41,43-49,56H,42H2. The van der Waals surface area contributed by atoms with E-state index in [1.807, 2.05) is 0 Å².